The number of carboxylic acid groups (broad SMARTS) is 1. The quantitative estimate of drug-likeness (QED) is 0.0233. The van der Waals surface area contributed by atoms with Crippen LogP contribution in [0.4, 0.5) is 0 Å². The molecule has 0 saturated heterocycles. The molecule has 0 heterocycles. The maximum absolute atomic E-state index is 12.6. The number of phosphoric ester groups is 1. The van der Waals surface area contributed by atoms with Crippen molar-refractivity contribution in [3.05, 3.63) is 85.1 Å². The largest absolute Gasteiger partial charge is 0.480 e. The Balaban J connectivity index is 4.57. The van der Waals surface area contributed by atoms with Gasteiger partial charge in [-0.15, -0.1) is 0 Å². The summed E-state index contributed by atoms with van der Waals surface area (Å²) < 4.78 is 32.6. The monoisotopic (exact) mass is 834 g/mol. The van der Waals surface area contributed by atoms with E-state index in [1.54, 1.807) is 0 Å². The van der Waals surface area contributed by atoms with Gasteiger partial charge >= 0.3 is 25.7 Å². The van der Waals surface area contributed by atoms with Crippen LogP contribution in [-0.4, -0.2) is 59.9 Å². The van der Waals surface area contributed by atoms with Crippen molar-refractivity contribution in [1.29, 1.82) is 0 Å². The molecule has 0 spiro atoms. The van der Waals surface area contributed by atoms with Gasteiger partial charge in [-0.2, -0.15) is 0 Å². The number of allylic oxidation sites excluding steroid dienone is 14. The third-order valence-electron chi connectivity index (χ3n) is 8.62. The number of carbonyl (C=O) groups is 3. The number of phosphoric acid groups is 1. The summed E-state index contributed by atoms with van der Waals surface area (Å²) in [4.78, 5) is 45.9. The summed E-state index contributed by atoms with van der Waals surface area (Å²) in [6.07, 6.45) is 49.5. The summed E-state index contributed by atoms with van der Waals surface area (Å²) in [5.74, 6) is -2.53. The van der Waals surface area contributed by atoms with E-state index < -0.39 is 57.7 Å². The molecule has 0 radical (unpaired) electrons. The zero-order valence-corrected chi connectivity index (χ0v) is 36.5. The Hall–Kier alpha value is -3.34. The third kappa shape index (κ3) is 39.5. The van der Waals surface area contributed by atoms with Crippen molar-refractivity contribution >= 4 is 25.7 Å². The smallest absolute Gasteiger partial charge is 0.472 e. The molecule has 330 valence electrons. The van der Waals surface area contributed by atoms with Gasteiger partial charge in [0.25, 0.3) is 0 Å². The summed E-state index contributed by atoms with van der Waals surface area (Å²) in [5, 5.41) is 8.88. The average molecular weight is 834 g/mol. The number of hydrogen-bond donors (Lipinski definition) is 3. The van der Waals surface area contributed by atoms with Crippen LogP contribution >= 0.6 is 7.82 Å². The lowest BCUT2D eigenvalue weighted by atomic mass is 10.1. The van der Waals surface area contributed by atoms with Crippen LogP contribution in [0.5, 0.6) is 0 Å². The summed E-state index contributed by atoms with van der Waals surface area (Å²) >= 11 is 0. The van der Waals surface area contributed by atoms with Crippen molar-refractivity contribution in [1.82, 2.24) is 0 Å². The minimum Gasteiger partial charge on any atom is -0.480 e. The van der Waals surface area contributed by atoms with Crippen molar-refractivity contribution in [3.63, 3.8) is 0 Å². The maximum Gasteiger partial charge on any atom is 0.472 e. The zero-order chi connectivity index (χ0) is 42.8. The van der Waals surface area contributed by atoms with E-state index in [1.165, 1.54) is 57.8 Å². The predicted octanol–water partition coefficient (Wildman–Crippen LogP) is 11.5. The van der Waals surface area contributed by atoms with E-state index in [0.29, 0.717) is 25.7 Å². The first kappa shape index (κ1) is 54.7. The van der Waals surface area contributed by atoms with E-state index in [0.717, 1.165) is 44.9 Å². The molecule has 0 saturated carbocycles. The van der Waals surface area contributed by atoms with E-state index in [2.05, 4.69) is 85.2 Å². The SMILES string of the molecule is CCCCC/C=C/C/C=C/C/C=C/C/C=C/CCCC(=O)O[C@H](COC(=O)CCC/C=C/C/C=C/C/C=C/CCCCCCCC)COP(=O)(O)OC[C@H](N)C(=O)O. The second-order valence-corrected chi connectivity index (χ2v) is 15.6. The van der Waals surface area contributed by atoms with Gasteiger partial charge in [0, 0.05) is 12.8 Å². The Kier molecular flexibility index (Phi) is 38.1. The highest BCUT2D eigenvalue weighted by Crippen LogP contribution is 2.43. The zero-order valence-electron chi connectivity index (χ0n) is 35.6. The molecule has 0 fully saturated rings. The second kappa shape index (κ2) is 40.4. The number of carbonyl (C=O) groups excluding carboxylic acids is 2. The van der Waals surface area contributed by atoms with Gasteiger partial charge < -0.3 is 25.2 Å². The lowest BCUT2D eigenvalue weighted by molar-refractivity contribution is -0.161. The van der Waals surface area contributed by atoms with Crippen molar-refractivity contribution < 1.29 is 47.5 Å². The van der Waals surface area contributed by atoms with Gasteiger partial charge in [0.15, 0.2) is 6.10 Å². The first-order valence-electron chi connectivity index (χ1n) is 21.6. The summed E-state index contributed by atoms with van der Waals surface area (Å²) in [5.41, 5.74) is 5.32. The normalized spacial score (nSPS) is 14.6. The molecule has 0 aliphatic rings. The van der Waals surface area contributed by atoms with Gasteiger partial charge in [0.05, 0.1) is 13.2 Å². The van der Waals surface area contributed by atoms with Gasteiger partial charge in [-0.25, -0.2) is 4.57 Å². The molecule has 11 nitrogen and oxygen atoms in total. The van der Waals surface area contributed by atoms with Crippen LogP contribution in [0.1, 0.15) is 155 Å². The number of hydrogen-bond acceptors (Lipinski definition) is 9. The molecule has 0 aliphatic carbocycles. The lowest BCUT2D eigenvalue weighted by Gasteiger charge is -2.20. The molecular formula is C46H76NO10P. The molecular weight excluding hydrogens is 757 g/mol. The number of nitrogens with two attached hydrogens (primary N) is 1. The van der Waals surface area contributed by atoms with Gasteiger partial charge in [-0.1, -0.05) is 144 Å². The van der Waals surface area contributed by atoms with E-state index >= 15 is 0 Å². The number of aliphatic carboxylic acids is 1. The molecule has 0 rings (SSSR count). The van der Waals surface area contributed by atoms with Crippen LogP contribution in [0.25, 0.3) is 0 Å². The first-order chi connectivity index (χ1) is 28.1. The highest BCUT2D eigenvalue weighted by Gasteiger charge is 2.28. The fraction of sp³-hybridized carbons (Fsp3) is 0.630. The summed E-state index contributed by atoms with van der Waals surface area (Å²) in [6.45, 7) is 2.64. The molecule has 4 N–H and O–H groups in total. The number of carboxylic acids is 1. The number of rotatable bonds is 39. The van der Waals surface area contributed by atoms with Crippen LogP contribution in [0, 0.1) is 0 Å². The van der Waals surface area contributed by atoms with Gasteiger partial charge in [-0.3, -0.25) is 23.4 Å². The fourth-order valence-electron chi connectivity index (χ4n) is 5.19. The molecule has 0 amide bonds. The molecule has 0 aliphatic heterocycles. The number of ether oxygens (including phenoxy) is 2. The molecule has 0 aromatic heterocycles. The van der Waals surface area contributed by atoms with Crippen LogP contribution in [-0.2, 0) is 37.5 Å². The summed E-state index contributed by atoms with van der Waals surface area (Å²) in [6, 6.07) is -1.54. The van der Waals surface area contributed by atoms with Gasteiger partial charge in [0.2, 0.25) is 0 Å². The second-order valence-electron chi connectivity index (χ2n) is 14.1. The molecule has 0 bridgehead atoms. The molecule has 0 aromatic rings. The third-order valence-corrected chi connectivity index (χ3v) is 9.57. The first-order valence-corrected chi connectivity index (χ1v) is 23.1. The Bertz CT molecular complexity index is 1300. The molecule has 12 heteroatoms. The number of esters is 2. The fourth-order valence-corrected chi connectivity index (χ4v) is 5.97. The Morgan fingerprint density at radius 2 is 0.914 bits per heavy atom. The Morgan fingerprint density at radius 3 is 1.40 bits per heavy atom. The number of unbranched alkanes of at least 4 members (excludes halogenated alkanes) is 11. The molecule has 3 atom stereocenters. The van der Waals surface area contributed by atoms with Crippen molar-refractivity contribution in [3.8, 4) is 0 Å². The van der Waals surface area contributed by atoms with Crippen molar-refractivity contribution in [2.45, 2.75) is 167 Å². The van der Waals surface area contributed by atoms with E-state index in [4.69, 9.17) is 24.8 Å². The molecule has 1 unspecified atom stereocenters. The summed E-state index contributed by atoms with van der Waals surface area (Å²) in [7, 11) is -4.75. The predicted molar refractivity (Wildman–Crippen MR) is 235 cm³/mol. The highest BCUT2D eigenvalue weighted by molar-refractivity contribution is 7.47. The maximum atomic E-state index is 12.6. The molecule has 0 aromatic carbocycles. The average Bonchev–Trinajstić information content (AvgIpc) is 3.20. The van der Waals surface area contributed by atoms with Crippen molar-refractivity contribution in [2.75, 3.05) is 19.8 Å². The topological polar surface area (TPSA) is 172 Å². The lowest BCUT2D eigenvalue weighted by Crippen LogP contribution is -2.34. The van der Waals surface area contributed by atoms with Gasteiger partial charge in [0.1, 0.15) is 12.6 Å². The van der Waals surface area contributed by atoms with Crippen molar-refractivity contribution in [2.24, 2.45) is 5.73 Å². The van der Waals surface area contributed by atoms with E-state index in [1.807, 2.05) is 18.2 Å². The Morgan fingerprint density at radius 1 is 0.534 bits per heavy atom. The van der Waals surface area contributed by atoms with Crippen LogP contribution in [0.3, 0.4) is 0 Å². The van der Waals surface area contributed by atoms with Crippen LogP contribution in [0.2, 0.25) is 0 Å². The molecule has 58 heavy (non-hydrogen) atoms. The highest BCUT2D eigenvalue weighted by atomic mass is 31.2. The standard InChI is InChI=1S/C46H76NO10P/c1-3-5-7-9-11-13-15-17-19-21-23-25-27-29-31-33-35-37-44(48)54-39-42(40-55-58(52,53)56-41-43(47)46(50)51)57-45(49)38-36-34-32-30-28-26-24-22-20-18-16-14-12-10-8-6-4-2/h12,14,17-20,23-26,29-32,42-43H,3-11,13,15-16,21-22,27-28,33-41,47H2,1-2H3,(H,50,51)(H,52,53)/b14-12+,19-17+,20-18+,25-23+,26-24+,31-29+,32-30+/t42-,43+/m1/s1. The van der Waals surface area contributed by atoms with E-state index in [9.17, 15) is 23.8 Å². The van der Waals surface area contributed by atoms with E-state index in [-0.39, 0.29) is 12.8 Å². The van der Waals surface area contributed by atoms with Gasteiger partial charge in [-0.05, 0) is 83.5 Å². The Labute approximate surface area is 350 Å². The minimum atomic E-state index is -4.75. The van der Waals surface area contributed by atoms with Crippen LogP contribution in [0.15, 0.2) is 85.1 Å². The minimum absolute atomic E-state index is 0.0701. The van der Waals surface area contributed by atoms with Crippen LogP contribution < -0.4 is 5.73 Å².